The highest BCUT2D eigenvalue weighted by Gasteiger charge is 2.30. The van der Waals surface area contributed by atoms with Crippen LogP contribution < -0.4 is 20.3 Å². The minimum Gasteiger partial charge on any atom is -0.497 e. The molecule has 1 aliphatic heterocycles. The number of thioether (sulfide) groups is 1. The first-order valence-electron chi connectivity index (χ1n) is 10.7. The molecule has 2 aromatic heterocycles. The van der Waals surface area contributed by atoms with Crippen molar-refractivity contribution in [3.05, 3.63) is 64.6 Å². The molecule has 9 nitrogen and oxygen atoms in total. The predicted octanol–water partition coefficient (Wildman–Crippen LogP) is 3.58. The fourth-order valence-electron chi connectivity index (χ4n) is 3.97. The molecule has 1 amide bonds. The highest BCUT2D eigenvalue weighted by atomic mass is 32.2. The van der Waals surface area contributed by atoms with Crippen molar-refractivity contribution in [1.29, 1.82) is 0 Å². The molecule has 0 aliphatic carbocycles. The smallest absolute Gasteiger partial charge is 0.265 e. The van der Waals surface area contributed by atoms with Crippen LogP contribution in [0.1, 0.15) is 18.0 Å². The zero-order valence-corrected chi connectivity index (χ0v) is 19.8. The number of anilines is 1. The van der Waals surface area contributed by atoms with Gasteiger partial charge in [0.2, 0.25) is 5.91 Å². The van der Waals surface area contributed by atoms with Gasteiger partial charge >= 0.3 is 0 Å². The molecule has 2 aromatic carbocycles. The molecule has 3 heterocycles. The largest absolute Gasteiger partial charge is 0.497 e. The Morgan fingerprint density at radius 3 is 2.71 bits per heavy atom. The zero-order chi connectivity index (χ0) is 23.8. The molecule has 0 saturated heterocycles. The van der Waals surface area contributed by atoms with Crippen molar-refractivity contribution >= 4 is 34.4 Å². The van der Waals surface area contributed by atoms with E-state index >= 15 is 0 Å². The van der Waals surface area contributed by atoms with Crippen LogP contribution in [0.3, 0.4) is 0 Å². The summed E-state index contributed by atoms with van der Waals surface area (Å²) in [5.41, 5.74) is 2.84. The molecule has 4 aromatic rings. The van der Waals surface area contributed by atoms with E-state index in [1.165, 1.54) is 18.9 Å². The number of carbonyl (C=O) groups excluding carboxylic acids is 1. The number of hydrogen-bond donors (Lipinski definition) is 1. The number of hydrogen-bond acceptors (Lipinski definition) is 7. The fourth-order valence-corrected chi connectivity index (χ4v) is 5.10. The lowest BCUT2D eigenvalue weighted by Crippen LogP contribution is -2.27. The number of ether oxygens (including phenoxy) is 2. The van der Waals surface area contributed by atoms with Gasteiger partial charge in [0.05, 0.1) is 37.8 Å². The van der Waals surface area contributed by atoms with Gasteiger partial charge in [-0.25, -0.2) is 9.67 Å². The molecule has 0 saturated carbocycles. The van der Waals surface area contributed by atoms with Crippen LogP contribution in [0.15, 0.2) is 58.6 Å². The first kappa shape index (κ1) is 22.0. The van der Waals surface area contributed by atoms with E-state index in [9.17, 15) is 9.59 Å². The van der Waals surface area contributed by atoms with E-state index in [4.69, 9.17) is 14.5 Å². The van der Waals surface area contributed by atoms with Gasteiger partial charge in [0.15, 0.2) is 10.8 Å². The maximum atomic E-state index is 13.3. The second-order valence-electron chi connectivity index (χ2n) is 7.98. The van der Waals surface area contributed by atoms with Gasteiger partial charge in [0, 0.05) is 18.2 Å². The van der Waals surface area contributed by atoms with Crippen molar-refractivity contribution in [1.82, 2.24) is 19.3 Å². The summed E-state index contributed by atoms with van der Waals surface area (Å²) in [6.07, 6.45) is 1.68. The van der Waals surface area contributed by atoms with Crippen molar-refractivity contribution in [3.8, 4) is 17.2 Å². The Kier molecular flexibility index (Phi) is 5.74. The van der Waals surface area contributed by atoms with Crippen LogP contribution in [0, 0.1) is 6.92 Å². The average Bonchev–Trinajstić information content (AvgIpc) is 3.45. The predicted molar refractivity (Wildman–Crippen MR) is 130 cm³/mol. The third kappa shape index (κ3) is 3.90. The molecule has 174 valence electrons. The minimum absolute atomic E-state index is 0.133. The average molecular weight is 478 g/mol. The number of aromatic nitrogens is 4. The number of rotatable bonds is 6. The van der Waals surface area contributed by atoms with Crippen LogP contribution in [0.4, 0.5) is 5.69 Å². The van der Waals surface area contributed by atoms with Crippen LogP contribution >= 0.6 is 11.8 Å². The highest BCUT2D eigenvalue weighted by Crippen LogP contribution is 2.34. The number of nitrogens with zero attached hydrogens (tertiary/aromatic N) is 4. The summed E-state index contributed by atoms with van der Waals surface area (Å²) in [6, 6.07) is 12.7. The summed E-state index contributed by atoms with van der Waals surface area (Å²) in [7, 11) is 3.09. The van der Waals surface area contributed by atoms with Crippen molar-refractivity contribution in [2.24, 2.45) is 0 Å². The number of nitrogens with one attached hydrogen (secondary N) is 1. The molecular weight excluding hydrogens is 454 g/mol. The molecule has 0 radical (unpaired) electrons. The van der Waals surface area contributed by atoms with E-state index < -0.39 is 0 Å². The molecule has 1 aliphatic rings. The van der Waals surface area contributed by atoms with Crippen LogP contribution in [-0.2, 0) is 4.79 Å². The lowest BCUT2D eigenvalue weighted by molar-refractivity contribution is -0.116. The normalized spacial score (nSPS) is 14.7. The number of carbonyl (C=O) groups is 1. The second kappa shape index (κ2) is 8.86. The van der Waals surface area contributed by atoms with Gasteiger partial charge < -0.3 is 14.8 Å². The maximum absolute atomic E-state index is 13.3. The summed E-state index contributed by atoms with van der Waals surface area (Å²) in [5.74, 6) is 1.49. The molecule has 10 heteroatoms. The molecule has 34 heavy (non-hydrogen) atoms. The number of fused-ring (bicyclic) bond motifs is 2. The Morgan fingerprint density at radius 1 is 1.18 bits per heavy atom. The van der Waals surface area contributed by atoms with Crippen molar-refractivity contribution in [2.45, 2.75) is 24.5 Å². The van der Waals surface area contributed by atoms with Crippen molar-refractivity contribution in [3.63, 3.8) is 0 Å². The lowest BCUT2D eigenvalue weighted by atomic mass is 10.2. The Balaban J connectivity index is 1.41. The van der Waals surface area contributed by atoms with Gasteiger partial charge in [-0.1, -0.05) is 29.5 Å². The molecule has 0 bridgehead atoms. The number of amides is 1. The highest BCUT2D eigenvalue weighted by molar-refractivity contribution is 7.99. The van der Waals surface area contributed by atoms with Crippen molar-refractivity contribution in [2.75, 3.05) is 25.3 Å². The summed E-state index contributed by atoms with van der Waals surface area (Å²) in [4.78, 5) is 30.9. The van der Waals surface area contributed by atoms with E-state index in [0.29, 0.717) is 39.1 Å². The minimum atomic E-state index is -0.309. The Morgan fingerprint density at radius 2 is 1.97 bits per heavy atom. The maximum Gasteiger partial charge on any atom is 0.265 e. The summed E-state index contributed by atoms with van der Waals surface area (Å²) in [5, 5.41) is 8.29. The van der Waals surface area contributed by atoms with Crippen LogP contribution in [0.5, 0.6) is 11.5 Å². The van der Waals surface area contributed by atoms with Crippen LogP contribution in [0.25, 0.3) is 16.7 Å². The first-order valence-corrected chi connectivity index (χ1v) is 11.7. The number of methoxy groups -OCH3 is 2. The molecule has 0 fully saturated rings. The summed E-state index contributed by atoms with van der Waals surface area (Å²) < 4.78 is 13.8. The SMILES string of the molecule is COc1ccc(NC(=O)CC2CSc3nc4c(cnn4-c4ccc(C)cc4)c(=O)n32)c(OC)c1. The Bertz CT molecular complexity index is 1440. The lowest BCUT2D eigenvalue weighted by Gasteiger charge is -2.15. The second-order valence-corrected chi connectivity index (χ2v) is 8.97. The van der Waals surface area contributed by atoms with Gasteiger partial charge in [0.1, 0.15) is 16.9 Å². The van der Waals surface area contributed by atoms with Gasteiger partial charge in [-0.15, -0.1) is 0 Å². The topological polar surface area (TPSA) is 100 Å². The molecule has 5 rings (SSSR count). The van der Waals surface area contributed by atoms with E-state index in [-0.39, 0.29) is 23.9 Å². The van der Waals surface area contributed by atoms with E-state index in [1.54, 1.807) is 40.8 Å². The van der Waals surface area contributed by atoms with E-state index in [2.05, 4.69) is 10.4 Å². The zero-order valence-electron chi connectivity index (χ0n) is 18.9. The Hall–Kier alpha value is -3.79. The van der Waals surface area contributed by atoms with Crippen molar-refractivity contribution < 1.29 is 14.3 Å². The van der Waals surface area contributed by atoms with E-state index in [1.807, 2.05) is 31.2 Å². The van der Waals surface area contributed by atoms with Gasteiger partial charge in [0.25, 0.3) is 5.56 Å². The third-order valence-electron chi connectivity index (χ3n) is 5.75. The van der Waals surface area contributed by atoms with Crippen LogP contribution in [0.2, 0.25) is 0 Å². The molecule has 1 N–H and O–H groups in total. The summed E-state index contributed by atoms with van der Waals surface area (Å²) >= 11 is 1.47. The monoisotopic (exact) mass is 477 g/mol. The third-order valence-corrected chi connectivity index (χ3v) is 6.85. The number of benzene rings is 2. The van der Waals surface area contributed by atoms with E-state index in [0.717, 1.165) is 11.3 Å². The molecule has 1 atom stereocenters. The van der Waals surface area contributed by atoms with Gasteiger partial charge in [-0.3, -0.25) is 14.2 Å². The van der Waals surface area contributed by atoms with Gasteiger partial charge in [-0.05, 0) is 31.2 Å². The fraction of sp³-hybridized carbons (Fsp3) is 0.250. The van der Waals surface area contributed by atoms with Crippen LogP contribution in [-0.4, -0.2) is 45.2 Å². The Labute approximate surface area is 199 Å². The van der Waals surface area contributed by atoms with Gasteiger partial charge in [-0.2, -0.15) is 5.10 Å². The summed E-state index contributed by atoms with van der Waals surface area (Å²) in [6.45, 7) is 2.01. The molecule has 0 spiro atoms. The quantitative estimate of drug-likeness (QED) is 0.424. The molecular formula is C24H23N5O4S. The standard InChI is InChI=1S/C24H23N5O4S/c1-14-4-6-15(7-5-14)29-22-18(12-25-29)23(31)28-16(13-34-24(28)27-22)10-21(30)26-19-9-8-17(32-2)11-20(19)33-3/h4-9,11-12,16H,10,13H2,1-3H3,(H,26,30). The first-order chi connectivity index (χ1) is 16.5. The molecule has 1 unspecified atom stereocenters. The number of aryl methyl sites for hydroxylation is 1.